The number of likely N-dealkylation sites (tertiary alicyclic amines) is 1. The number of amides is 2. The Morgan fingerprint density at radius 3 is 2.62 bits per heavy atom. The lowest BCUT2D eigenvalue weighted by atomic mass is 9.96. The number of carbonyl (C=O) groups excluding carboxylic acids is 1. The van der Waals surface area contributed by atoms with Crippen molar-refractivity contribution in [3.63, 3.8) is 0 Å². The first-order valence-electron chi connectivity index (χ1n) is 9.92. The molecule has 1 saturated heterocycles. The molecule has 0 bridgehead atoms. The van der Waals surface area contributed by atoms with Crippen LogP contribution < -0.4 is 25.0 Å². The van der Waals surface area contributed by atoms with Gasteiger partial charge in [-0.05, 0) is 42.3 Å². The van der Waals surface area contributed by atoms with Gasteiger partial charge in [-0.3, -0.25) is 0 Å². The van der Waals surface area contributed by atoms with Gasteiger partial charge in [0, 0.05) is 30.1 Å². The highest BCUT2D eigenvalue weighted by molar-refractivity contribution is 6.30. The molecular weight excluding hydrogens is 390 g/mol. The predicted octanol–water partition coefficient (Wildman–Crippen LogP) is 2.97. The Balaban J connectivity index is 1.43. The maximum Gasteiger partial charge on any atom is 0.319 e. The molecule has 156 valence electrons. The summed E-state index contributed by atoms with van der Waals surface area (Å²) in [6, 6.07) is 12.9. The molecule has 3 N–H and O–H groups in total. The van der Waals surface area contributed by atoms with Crippen molar-refractivity contribution in [3.8, 4) is 11.5 Å². The zero-order valence-electron chi connectivity index (χ0n) is 17.0. The summed E-state index contributed by atoms with van der Waals surface area (Å²) in [5.41, 5.74) is 1.86. The number of methoxy groups -OCH3 is 2. The normalized spacial score (nSPS) is 18.7. The van der Waals surface area contributed by atoms with Crippen molar-refractivity contribution in [2.75, 3.05) is 39.2 Å². The molecule has 0 saturated carbocycles. The molecule has 1 heterocycles. The molecule has 3 rings (SSSR count). The maximum absolute atomic E-state index is 12.1. The summed E-state index contributed by atoms with van der Waals surface area (Å²) in [4.78, 5) is 13.6. The van der Waals surface area contributed by atoms with Crippen LogP contribution in [-0.2, 0) is 6.54 Å². The number of hydrogen-bond acceptors (Lipinski definition) is 3. The Bertz CT molecular complexity index is 823. The molecule has 0 radical (unpaired) electrons. The third-order valence-electron chi connectivity index (χ3n) is 5.37. The van der Waals surface area contributed by atoms with Crippen molar-refractivity contribution in [1.82, 2.24) is 5.32 Å². The van der Waals surface area contributed by atoms with Gasteiger partial charge in [0.05, 0.1) is 32.9 Å². The van der Waals surface area contributed by atoms with Gasteiger partial charge in [0.25, 0.3) is 0 Å². The minimum atomic E-state index is -0.192. The fraction of sp³-hybridized carbons (Fsp3) is 0.409. The number of halogens is 1. The van der Waals surface area contributed by atoms with Gasteiger partial charge in [0.15, 0.2) is 0 Å². The number of nitrogens with one attached hydrogen (secondary N) is 3. The highest BCUT2D eigenvalue weighted by Crippen LogP contribution is 2.23. The molecular formula is C22H29ClN3O3+. The highest BCUT2D eigenvalue weighted by Gasteiger charge is 2.23. The van der Waals surface area contributed by atoms with Crippen molar-refractivity contribution in [2.45, 2.75) is 19.4 Å². The number of anilines is 1. The number of ether oxygens (including phenoxy) is 2. The van der Waals surface area contributed by atoms with E-state index in [1.807, 2.05) is 24.3 Å². The fourth-order valence-electron chi connectivity index (χ4n) is 3.73. The van der Waals surface area contributed by atoms with Crippen molar-refractivity contribution in [1.29, 1.82) is 0 Å². The summed E-state index contributed by atoms with van der Waals surface area (Å²) in [5, 5.41) is 6.40. The SMILES string of the molecule is COc1ccc(OC)c(C[NH+]2CCC(CNC(=O)Nc3cccc(Cl)c3)CC2)c1. The summed E-state index contributed by atoms with van der Waals surface area (Å²) in [5.74, 6) is 2.25. The van der Waals surface area contributed by atoms with E-state index in [0.717, 1.165) is 44.0 Å². The minimum absolute atomic E-state index is 0.192. The monoisotopic (exact) mass is 418 g/mol. The summed E-state index contributed by atoms with van der Waals surface area (Å²) >= 11 is 5.95. The van der Waals surface area contributed by atoms with Crippen LogP contribution in [0.2, 0.25) is 5.02 Å². The predicted molar refractivity (Wildman–Crippen MR) is 115 cm³/mol. The van der Waals surface area contributed by atoms with Gasteiger partial charge in [0.1, 0.15) is 18.0 Å². The zero-order valence-corrected chi connectivity index (χ0v) is 17.7. The number of rotatable bonds is 7. The van der Waals surface area contributed by atoms with Crippen LogP contribution in [0.15, 0.2) is 42.5 Å². The number of urea groups is 1. The molecule has 0 atom stereocenters. The largest absolute Gasteiger partial charge is 0.497 e. The topological polar surface area (TPSA) is 64.0 Å². The first-order valence-corrected chi connectivity index (χ1v) is 10.3. The molecule has 1 aliphatic heterocycles. The lowest BCUT2D eigenvalue weighted by Gasteiger charge is -2.29. The number of quaternary nitrogens is 1. The minimum Gasteiger partial charge on any atom is -0.497 e. The first-order chi connectivity index (χ1) is 14.1. The number of benzene rings is 2. The van der Waals surface area contributed by atoms with Crippen LogP contribution in [0.25, 0.3) is 0 Å². The van der Waals surface area contributed by atoms with E-state index in [-0.39, 0.29) is 6.03 Å². The van der Waals surface area contributed by atoms with Crippen LogP contribution in [0.1, 0.15) is 18.4 Å². The molecule has 1 fully saturated rings. The van der Waals surface area contributed by atoms with Crippen molar-refractivity contribution < 1.29 is 19.2 Å². The Hall–Kier alpha value is -2.44. The molecule has 29 heavy (non-hydrogen) atoms. The van der Waals surface area contributed by atoms with Crippen LogP contribution in [0.3, 0.4) is 0 Å². The summed E-state index contributed by atoms with van der Waals surface area (Å²) in [6.07, 6.45) is 2.16. The Kier molecular flexibility index (Phi) is 7.61. The van der Waals surface area contributed by atoms with Gasteiger partial charge < -0.3 is 25.0 Å². The second kappa shape index (κ2) is 10.4. The summed E-state index contributed by atoms with van der Waals surface area (Å²) in [6.45, 7) is 3.74. The maximum atomic E-state index is 12.1. The van der Waals surface area contributed by atoms with Gasteiger partial charge >= 0.3 is 6.03 Å². The highest BCUT2D eigenvalue weighted by atomic mass is 35.5. The van der Waals surface area contributed by atoms with E-state index < -0.39 is 0 Å². The molecule has 6 nitrogen and oxygen atoms in total. The van der Waals surface area contributed by atoms with E-state index in [9.17, 15) is 4.79 Å². The molecule has 2 aromatic carbocycles. The Labute approximate surface area is 177 Å². The molecule has 7 heteroatoms. The van der Waals surface area contributed by atoms with Crippen LogP contribution >= 0.6 is 11.6 Å². The van der Waals surface area contributed by atoms with Gasteiger partial charge in [-0.1, -0.05) is 17.7 Å². The third kappa shape index (κ3) is 6.27. The average Bonchev–Trinajstić information content (AvgIpc) is 2.73. The zero-order chi connectivity index (χ0) is 20.6. The van der Waals surface area contributed by atoms with E-state index in [1.165, 1.54) is 10.5 Å². The fourth-order valence-corrected chi connectivity index (χ4v) is 3.92. The summed E-state index contributed by atoms with van der Waals surface area (Å²) in [7, 11) is 3.38. The number of carbonyl (C=O) groups is 1. The summed E-state index contributed by atoms with van der Waals surface area (Å²) < 4.78 is 10.8. The van der Waals surface area contributed by atoms with Crippen molar-refractivity contribution in [2.24, 2.45) is 5.92 Å². The Morgan fingerprint density at radius 1 is 1.14 bits per heavy atom. The lowest BCUT2D eigenvalue weighted by Crippen LogP contribution is -3.11. The van der Waals surface area contributed by atoms with E-state index in [0.29, 0.717) is 23.2 Å². The quantitative estimate of drug-likeness (QED) is 0.647. The van der Waals surface area contributed by atoms with E-state index in [2.05, 4.69) is 16.7 Å². The van der Waals surface area contributed by atoms with Crippen LogP contribution in [0.4, 0.5) is 10.5 Å². The molecule has 0 unspecified atom stereocenters. The van der Waals surface area contributed by atoms with Crippen molar-refractivity contribution in [3.05, 3.63) is 53.1 Å². The van der Waals surface area contributed by atoms with Crippen LogP contribution in [-0.4, -0.2) is 39.9 Å². The smallest absolute Gasteiger partial charge is 0.319 e. The van der Waals surface area contributed by atoms with Crippen LogP contribution in [0.5, 0.6) is 11.5 Å². The standard InChI is InChI=1S/C22H28ClN3O3/c1-28-20-6-7-21(29-2)17(12-20)15-26-10-8-16(9-11-26)14-24-22(27)25-19-5-3-4-18(23)13-19/h3-7,12-13,16H,8-11,14-15H2,1-2H3,(H2,24,25,27)/p+1. The number of piperidine rings is 1. The number of hydrogen-bond donors (Lipinski definition) is 3. The average molecular weight is 419 g/mol. The second-order valence-electron chi connectivity index (χ2n) is 7.39. The second-order valence-corrected chi connectivity index (χ2v) is 7.83. The van der Waals surface area contributed by atoms with Crippen LogP contribution in [0, 0.1) is 5.92 Å². The molecule has 0 spiro atoms. The van der Waals surface area contributed by atoms with Crippen molar-refractivity contribution >= 4 is 23.3 Å². The molecule has 0 aliphatic carbocycles. The van der Waals surface area contributed by atoms with E-state index >= 15 is 0 Å². The van der Waals surface area contributed by atoms with Gasteiger partial charge in [-0.15, -0.1) is 0 Å². The first kappa shape index (κ1) is 21.3. The van der Waals surface area contributed by atoms with Gasteiger partial charge in [-0.2, -0.15) is 0 Å². The third-order valence-corrected chi connectivity index (χ3v) is 5.61. The lowest BCUT2D eigenvalue weighted by molar-refractivity contribution is -0.919. The molecule has 2 amide bonds. The molecule has 0 aromatic heterocycles. The Morgan fingerprint density at radius 2 is 1.93 bits per heavy atom. The van der Waals surface area contributed by atoms with E-state index in [1.54, 1.807) is 26.4 Å². The van der Waals surface area contributed by atoms with Gasteiger partial charge in [0.2, 0.25) is 0 Å². The molecule has 1 aliphatic rings. The van der Waals surface area contributed by atoms with E-state index in [4.69, 9.17) is 21.1 Å². The van der Waals surface area contributed by atoms with Gasteiger partial charge in [-0.25, -0.2) is 4.79 Å². The molecule has 2 aromatic rings.